The summed E-state index contributed by atoms with van der Waals surface area (Å²) < 4.78 is 16.7. The van der Waals surface area contributed by atoms with Gasteiger partial charge in [0.2, 0.25) is 0 Å². The minimum Gasteiger partial charge on any atom is -0.462 e. The van der Waals surface area contributed by atoms with Crippen LogP contribution < -0.4 is 0 Å². The van der Waals surface area contributed by atoms with E-state index in [4.69, 9.17) is 14.2 Å². The molecule has 0 aliphatic carbocycles. The van der Waals surface area contributed by atoms with Crippen LogP contribution in [0.1, 0.15) is 168 Å². The van der Waals surface area contributed by atoms with Gasteiger partial charge in [0.15, 0.2) is 6.10 Å². The normalized spacial score (nSPS) is 13.4. The van der Waals surface area contributed by atoms with Crippen LogP contribution in [0.25, 0.3) is 0 Å². The van der Waals surface area contributed by atoms with Crippen LogP contribution >= 0.6 is 0 Å². The van der Waals surface area contributed by atoms with Crippen LogP contribution in [0.3, 0.4) is 0 Å². The first-order valence-electron chi connectivity index (χ1n) is 24.0. The average molecular weight is 853 g/mol. The van der Waals surface area contributed by atoms with Crippen LogP contribution in [0.15, 0.2) is 146 Å². The summed E-state index contributed by atoms with van der Waals surface area (Å²) in [7, 11) is 0. The fourth-order valence-corrected chi connectivity index (χ4v) is 5.86. The molecule has 0 rings (SSSR count). The summed E-state index contributed by atoms with van der Waals surface area (Å²) in [5.74, 6) is -1.02. The van der Waals surface area contributed by atoms with Gasteiger partial charge in [0.05, 0.1) is 0 Å². The number of esters is 3. The number of carbonyl (C=O) groups excluding carboxylic acids is 3. The molecule has 1 unspecified atom stereocenters. The van der Waals surface area contributed by atoms with Crippen molar-refractivity contribution in [1.29, 1.82) is 0 Å². The lowest BCUT2D eigenvalue weighted by Gasteiger charge is -2.18. The molecule has 0 aromatic rings. The van der Waals surface area contributed by atoms with Crippen molar-refractivity contribution in [2.45, 2.75) is 175 Å². The van der Waals surface area contributed by atoms with Gasteiger partial charge in [-0.25, -0.2) is 0 Å². The van der Waals surface area contributed by atoms with Gasteiger partial charge in [0.1, 0.15) is 13.2 Å². The molecule has 0 saturated carbocycles. The third kappa shape index (κ3) is 46.4. The average Bonchev–Trinajstić information content (AvgIpc) is 3.27. The number of rotatable bonds is 40. The molecule has 0 aliphatic rings. The highest BCUT2D eigenvalue weighted by atomic mass is 16.6. The summed E-state index contributed by atoms with van der Waals surface area (Å²) in [6.07, 6.45) is 69.6. The van der Waals surface area contributed by atoms with Crippen molar-refractivity contribution >= 4 is 17.9 Å². The van der Waals surface area contributed by atoms with E-state index < -0.39 is 6.10 Å². The predicted octanol–water partition coefficient (Wildman–Crippen LogP) is 15.7. The summed E-state index contributed by atoms with van der Waals surface area (Å²) in [6, 6.07) is 0. The number of hydrogen-bond donors (Lipinski definition) is 0. The lowest BCUT2D eigenvalue weighted by Crippen LogP contribution is -2.30. The zero-order valence-electron chi connectivity index (χ0n) is 39.1. The van der Waals surface area contributed by atoms with Crippen LogP contribution in [-0.4, -0.2) is 37.2 Å². The van der Waals surface area contributed by atoms with Crippen LogP contribution in [0.2, 0.25) is 0 Å². The number of ether oxygens (including phenoxy) is 3. The van der Waals surface area contributed by atoms with Gasteiger partial charge < -0.3 is 14.2 Å². The first-order chi connectivity index (χ1) is 30.5. The van der Waals surface area contributed by atoms with Crippen LogP contribution in [0, 0.1) is 0 Å². The Labute approximate surface area is 378 Å². The number of carbonyl (C=O) groups is 3. The van der Waals surface area contributed by atoms with Gasteiger partial charge in [-0.2, -0.15) is 0 Å². The molecule has 0 saturated heterocycles. The maximum Gasteiger partial charge on any atom is 0.306 e. The molecule has 344 valence electrons. The standard InChI is InChI=1S/C56H84O6/c1-4-7-10-13-16-19-22-24-26-28-30-32-34-37-40-43-46-49-55(58)61-52-53(51-60-54(57)48-45-42-39-36-21-18-15-12-9-6-3)62-56(59)50-47-44-41-38-35-33-31-29-27-25-23-20-17-14-11-8-5-2/h7-8,10-11,13-14,16-17,19-20,22-35,53H,4-6,9,12,15,18,21,36-52H2,1-3H3/b10-7-,11-8-,16-13-,17-14-,22-19-,23-20-,26-24-,27-25-,30-28+,31-29+,34-32-,35-33-. The van der Waals surface area contributed by atoms with Crippen molar-refractivity contribution in [3.8, 4) is 0 Å². The lowest BCUT2D eigenvalue weighted by atomic mass is 10.1. The van der Waals surface area contributed by atoms with E-state index in [1.807, 2.05) is 122 Å². The van der Waals surface area contributed by atoms with Crippen molar-refractivity contribution in [2.24, 2.45) is 0 Å². The number of hydrogen-bond acceptors (Lipinski definition) is 6. The Hall–Kier alpha value is -4.71. The van der Waals surface area contributed by atoms with Crippen molar-refractivity contribution in [1.82, 2.24) is 0 Å². The summed E-state index contributed by atoms with van der Waals surface area (Å²) in [5.41, 5.74) is 0. The molecule has 6 heteroatoms. The van der Waals surface area contributed by atoms with Gasteiger partial charge in [0, 0.05) is 19.3 Å². The number of unbranched alkanes of at least 4 members (excludes halogenated alkanes) is 15. The molecule has 0 aromatic carbocycles. The van der Waals surface area contributed by atoms with Gasteiger partial charge >= 0.3 is 17.9 Å². The molecule has 0 N–H and O–H groups in total. The zero-order chi connectivity index (χ0) is 45.1. The van der Waals surface area contributed by atoms with E-state index in [0.717, 1.165) is 70.6 Å². The van der Waals surface area contributed by atoms with Gasteiger partial charge in [-0.3, -0.25) is 14.4 Å². The van der Waals surface area contributed by atoms with Crippen molar-refractivity contribution in [2.75, 3.05) is 13.2 Å². The highest BCUT2D eigenvalue weighted by molar-refractivity contribution is 5.71. The van der Waals surface area contributed by atoms with E-state index >= 15 is 0 Å². The Morgan fingerprint density at radius 3 is 0.984 bits per heavy atom. The van der Waals surface area contributed by atoms with Gasteiger partial charge in [-0.05, 0) is 57.8 Å². The van der Waals surface area contributed by atoms with E-state index in [1.165, 1.54) is 44.9 Å². The molecule has 6 nitrogen and oxygen atoms in total. The summed E-state index contributed by atoms with van der Waals surface area (Å²) in [6.45, 7) is 6.22. The van der Waals surface area contributed by atoms with Crippen LogP contribution in [0.5, 0.6) is 0 Å². The topological polar surface area (TPSA) is 78.9 Å². The minimum atomic E-state index is -0.823. The monoisotopic (exact) mass is 853 g/mol. The molecule has 0 fully saturated rings. The van der Waals surface area contributed by atoms with E-state index in [9.17, 15) is 14.4 Å². The van der Waals surface area contributed by atoms with E-state index in [-0.39, 0.29) is 37.5 Å². The second kappa shape index (κ2) is 49.0. The minimum absolute atomic E-state index is 0.116. The molecule has 0 radical (unpaired) electrons. The fraction of sp³-hybridized carbons (Fsp3) is 0.518. The van der Waals surface area contributed by atoms with E-state index in [0.29, 0.717) is 25.7 Å². The molecule has 0 bridgehead atoms. The Balaban J connectivity index is 4.60. The first kappa shape index (κ1) is 57.3. The summed E-state index contributed by atoms with van der Waals surface area (Å²) >= 11 is 0. The Morgan fingerprint density at radius 2 is 0.629 bits per heavy atom. The highest BCUT2D eigenvalue weighted by Crippen LogP contribution is 2.13. The van der Waals surface area contributed by atoms with Crippen LogP contribution in [0.4, 0.5) is 0 Å². The second-order valence-corrected chi connectivity index (χ2v) is 15.2. The van der Waals surface area contributed by atoms with Crippen molar-refractivity contribution in [3.63, 3.8) is 0 Å². The predicted molar refractivity (Wildman–Crippen MR) is 265 cm³/mol. The largest absolute Gasteiger partial charge is 0.462 e. The highest BCUT2D eigenvalue weighted by Gasteiger charge is 2.19. The fourth-order valence-electron chi connectivity index (χ4n) is 5.86. The third-order valence-electron chi connectivity index (χ3n) is 9.41. The third-order valence-corrected chi connectivity index (χ3v) is 9.41. The number of allylic oxidation sites excluding steroid dienone is 24. The molecule has 0 amide bonds. The van der Waals surface area contributed by atoms with E-state index in [1.54, 1.807) is 0 Å². The molecule has 0 aliphatic heterocycles. The smallest absolute Gasteiger partial charge is 0.306 e. The van der Waals surface area contributed by atoms with Gasteiger partial charge in [-0.15, -0.1) is 0 Å². The maximum atomic E-state index is 12.8. The molecular weight excluding hydrogens is 769 g/mol. The Morgan fingerprint density at radius 1 is 0.339 bits per heavy atom. The van der Waals surface area contributed by atoms with Crippen LogP contribution in [-0.2, 0) is 28.6 Å². The van der Waals surface area contributed by atoms with Crippen molar-refractivity contribution in [3.05, 3.63) is 146 Å². The Kier molecular flexibility index (Phi) is 45.2. The van der Waals surface area contributed by atoms with Gasteiger partial charge in [0.25, 0.3) is 0 Å². The van der Waals surface area contributed by atoms with Crippen molar-refractivity contribution < 1.29 is 28.6 Å². The van der Waals surface area contributed by atoms with E-state index in [2.05, 4.69) is 45.1 Å². The first-order valence-corrected chi connectivity index (χ1v) is 24.0. The Bertz CT molecular complexity index is 1440. The molecule has 62 heavy (non-hydrogen) atoms. The molecule has 0 heterocycles. The zero-order valence-corrected chi connectivity index (χ0v) is 39.1. The molecule has 0 aromatic heterocycles. The molecular formula is C56H84O6. The van der Waals surface area contributed by atoms with Gasteiger partial charge in [-0.1, -0.05) is 237 Å². The maximum absolute atomic E-state index is 12.8. The lowest BCUT2D eigenvalue weighted by molar-refractivity contribution is -0.167. The SMILES string of the molecule is CC\C=C/C=C\C=C/C=C\C=C\C=C/CCCCCC(=O)OCC(COC(=O)CCCCCCCCCCCC)OC(=O)CCCCC\C=C/C=C/C=C\C=C/C=C\C=C/CC. The molecule has 0 spiro atoms. The quantitative estimate of drug-likeness (QED) is 0.0264. The second-order valence-electron chi connectivity index (χ2n) is 15.2. The summed E-state index contributed by atoms with van der Waals surface area (Å²) in [5, 5.41) is 0. The molecule has 1 atom stereocenters. The summed E-state index contributed by atoms with van der Waals surface area (Å²) in [4.78, 5) is 37.8.